The molecule has 2 aromatic rings. The molecule has 132 valence electrons. The van der Waals surface area contributed by atoms with E-state index in [0.717, 1.165) is 21.7 Å². The van der Waals surface area contributed by atoms with Crippen LogP contribution in [0.25, 0.3) is 0 Å². The molecule has 0 fully saturated rings. The Kier molecular flexibility index (Phi) is 6.91. The lowest BCUT2D eigenvalue weighted by Gasteiger charge is -2.13. The Hall–Kier alpha value is -1.98. The molecule has 0 aromatic heterocycles. The number of carbonyl (C=O) groups is 2. The number of nitrogens with one attached hydrogen (secondary N) is 2. The van der Waals surface area contributed by atoms with Crippen molar-refractivity contribution in [1.82, 2.24) is 5.32 Å². The Morgan fingerprint density at radius 3 is 2.48 bits per heavy atom. The molecule has 0 saturated heterocycles. The van der Waals surface area contributed by atoms with E-state index in [4.69, 9.17) is 11.6 Å². The van der Waals surface area contributed by atoms with Gasteiger partial charge in [-0.15, -0.1) is 11.8 Å². The van der Waals surface area contributed by atoms with Gasteiger partial charge < -0.3 is 10.6 Å². The van der Waals surface area contributed by atoms with Crippen LogP contribution in [0.5, 0.6) is 0 Å². The van der Waals surface area contributed by atoms with Gasteiger partial charge in [0.05, 0.1) is 11.8 Å². The Morgan fingerprint density at radius 2 is 1.80 bits per heavy atom. The largest absolute Gasteiger partial charge is 0.346 e. The highest BCUT2D eigenvalue weighted by Crippen LogP contribution is 2.24. The van der Waals surface area contributed by atoms with Crippen molar-refractivity contribution in [2.75, 3.05) is 11.9 Å². The fraction of sp³-hybridized carbons (Fsp3) is 0.263. The molecule has 1 atom stereocenters. The third-order valence-corrected chi connectivity index (χ3v) is 5.16. The van der Waals surface area contributed by atoms with E-state index in [0.29, 0.717) is 5.02 Å². The molecule has 0 aliphatic carbocycles. The second-order valence-corrected chi connectivity index (χ2v) is 7.58. The lowest BCUT2D eigenvalue weighted by atomic mass is 10.1. The average molecular weight is 377 g/mol. The van der Waals surface area contributed by atoms with Crippen LogP contribution < -0.4 is 10.6 Å². The van der Waals surface area contributed by atoms with Crippen LogP contribution in [0.2, 0.25) is 5.02 Å². The Morgan fingerprint density at radius 1 is 1.12 bits per heavy atom. The van der Waals surface area contributed by atoms with Gasteiger partial charge in [-0.3, -0.25) is 9.59 Å². The van der Waals surface area contributed by atoms with Gasteiger partial charge in [0.25, 0.3) is 0 Å². The van der Waals surface area contributed by atoms with Gasteiger partial charge in [0, 0.05) is 15.6 Å². The third-order valence-electron chi connectivity index (χ3n) is 3.80. The summed E-state index contributed by atoms with van der Waals surface area (Å²) in [6.07, 6.45) is 0. The highest BCUT2D eigenvalue weighted by Gasteiger charge is 2.15. The molecule has 6 heteroatoms. The lowest BCUT2D eigenvalue weighted by molar-refractivity contribution is -0.123. The van der Waals surface area contributed by atoms with Crippen molar-refractivity contribution in [2.45, 2.75) is 30.9 Å². The molecule has 0 heterocycles. The summed E-state index contributed by atoms with van der Waals surface area (Å²) < 4.78 is 0. The molecule has 2 amide bonds. The molecule has 0 radical (unpaired) electrons. The molecule has 2 N–H and O–H groups in total. The Labute approximate surface area is 157 Å². The van der Waals surface area contributed by atoms with E-state index in [1.54, 1.807) is 19.1 Å². The summed E-state index contributed by atoms with van der Waals surface area (Å²) in [5.74, 6) is -0.429. The summed E-state index contributed by atoms with van der Waals surface area (Å²) in [5.41, 5.74) is 2.89. The van der Waals surface area contributed by atoms with Crippen molar-refractivity contribution < 1.29 is 9.59 Å². The zero-order valence-electron chi connectivity index (χ0n) is 14.4. The Bertz CT molecular complexity index is 763. The molecule has 0 aliphatic heterocycles. The molecule has 4 nitrogen and oxygen atoms in total. The number of hydrogen-bond donors (Lipinski definition) is 2. The maximum absolute atomic E-state index is 12.2. The summed E-state index contributed by atoms with van der Waals surface area (Å²) in [6, 6.07) is 13.0. The number of rotatable bonds is 6. The molecule has 0 spiro atoms. The van der Waals surface area contributed by atoms with Crippen molar-refractivity contribution in [3.63, 3.8) is 0 Å². The molecular weight excluding hydrogens is 356 g/mol. The van der Waals surface area contributed by atoms with Crippen LogP contribution in [0.4, 0.5) is 5.69 Å². The van der Waals surface area contributed by atoms with E-state index < -0.39 is 0 Å². The van der Waals surface area contributed by atoms with E-state index >= 15 is 0 Å². The summed E-state index contributed by atoms with van der Waals surface area (Å²) in [6.45, 7) is 5.69. The number of carbonyl (C=O) groups excluding carboxylic acids is 2. The standard InChI is InChI=1S/C19H21ClN2O2S/c1-12-5-4-6-17(13(12)2)22-18(23)11-21-19(24)14(3)25-16-9-7-15(20)8-10-16/h4-10,14H,11H2,1-3H3,(H,21,24)(H,22,23)/t14-/m0/s1. The zero-order valence-corrected chi connectivity index (χ0v) is 16.0. The van der Waals surface area contributed by atoms with Crippen molar-refractivity contribution in [2.24, 2.45) is 0 Å². The SMILES string of the molecule is Cc1cccc(NC(=O)CNC(=O)[C@H](C)Sc2ccc(Cl)cc2)c1C. The number of thioether (sulfide) groups is 1. The van der Waals surface area contributed by atoms with E-state index in [-0.39, 0.29) is 23.6 Å². The van der Waals surface area contributed by atoms with Crippen molar-refractivity contribution in [3.8, 4) is 0 Å². The van der Waals surface area contributed by atoms with E-state index in [9.17, 15) is 9.59 Å². The highest BCUT2D eigenvalue weighted by molar-refractivity contribution is 8.00. The van der Waals surface area contributed by atoms with Crippen LogP contribution in [0.15, 0.2) is 47.4 Å². The smallest absolute Gasteiger partial charge is 0.243 e. The minimum Gasteiger partial charge on any atom is -0.346 e. The van der Waals surface area contributed by atoms with Crippen molar-refractivity contribution >= 4 is 40.9 Å². The number of hydrogen-bond acceptors (Lipinski definition) is 3. The molecule has 0 aliphatic rings. The molecule has 2 aromatic carbocycles. The van der Waals surface area contributed by atoms with Gasteiger partial charge in [0.2, 0.25) is 11.8 Å². The van der Waals surface area contributed by atoms with Crippen molar-refractivity contribution in [3.05, 3.63) is 58.6 Å². The normalized spacial score (nSPS) is 11.7. The number of amides is 2. The highest BCUT2D eigenvalue weighted by atomic mass is 35.5. The predicted molar refractivity (Wildman–Crippen MR) is 104 cm³/mol. The summed E-state index contributed by atoms with van der Waals surface area (Å²) in [5, 5.41) is 5.84. The van der Waals surface area contributed by atoms with Crippen LogP contribution in [0.1, 0.15) is 18.1 Å². The van der Waals surface area contributed by atoms with Gasteiger partial charge in [-0.25, -0.2) is 0 Å². The number of aryl methyl sites for hydroxylation is 1. The first-order valence-corrected chi connectivity index (χ1v) is 9.18. The minimum absolute atomic E-state index is 0.0578. The second kappa shape index (κ2) is 8.92. The number of halogens is 1. The maximum atomic E-state index is 12.2. The molecule has 0 bridgehead atoms. The molecular formula is C19H21ClN2O2S. The van der Waals surface area contributed by atoms with Crippen LogP contribution in [-0.4, -0.2) is 23.6 Å². The van der Waals surface area contributed by atoms with Crippen molar-refractivity contribution in [1.29, 1.82) is 0 Å². The minimum atomic E-state index is -0.310. The predicted octanol–water partition coefficient (Wildman–Crippen LogP) is 4.19. The molecule has 25 heavy (non-hydrogen) atoms. The fourth-order valence-electron chi connectivity index (χ4n) is 2.16. The topological polar surface area (TPSA) is 58.2 Å². The van der Waals surface area contributed by atoms with Gasteiger partial charge in [0.1, 0.15) is 0 Å². The van der Waals surface area contributed by atoms with E-state index in [2.05, 4.69) is 10.6 Å². The lowest BCUT2D eigenvalue weighted by Crippen LogP contribution is -2.37. The van der Waals surface area contributed by atoms with E-state index in [1.807, 2.05) is 44.2 Å². The van der Waals surface area contributed by atoms with Crippen LogP contribution in [-0.2, 0) is 9.59 Å². The van der Waals surface area contributed by atoms with E-state index in [1.165, 1.54) is 11.8 Å². The molecule has 0 saturated carbocycles. The van der Waals surface area contributed by atoms with Gasteiger partial charge in [-0.1, -0.05) is 23.7 Å². The first-order valence-electron chi connectivity index (χ1n) is 7.93. The summed E-state index contributed by atoms with van der Waals surface area (Å²) in [4.78, 5) is 25.2. The first kappa shape index (κ1) is 19.3. The van der Waals surface area contributed by atoms with Crippen LogP contribution >= 0.6 is 23.4 Å². The number of anilines is 1. The Balaban J connectivity index is 1.83. The second-order valence-electron chi connectivity index (χ2n) is 5.73. The van der Waals surface area contributed by atoms with Crippen LogP contribution in [0, 0.1) is 13.8 Å². The quantitative estimate of drug-likeness (QED) is 0.743. The first-order chi connectivity index (χ1) is 11.9. The van der Waals surface area contributed by atoms with Gasteiger partial charge in [0.15, 0.2) is 0 Å². The molecule has 2 rings (SSSR count). The fourth-order valence-corrected chi connectivity index (χ4v) is 3.18. The summed E-state index contributed by atoms with van der Waals surface area (Å²) >= 11 is 7.27. The zero-order chi connectivity index (χ0) is 18.4. The molecule has 0 unspecified atom stereocenters. The van der Waals surface area contributed by atoms with Crippen LogP contribution in [0.3, 0.4) is 0 Å². The third kappa shape index (κ3) is 5.80. The van der Waals surface area contributed by atoms with Gasteiger partial charge in [-0.2, -0.15) is 0 Å². The number of benzene rings is 2. The van der Waals surface area contributed by atoms with Gasteiger partial charge in [-0.05, 0) is 62.2 Å². The van der Waals surface area contributed by atoms with Gasteiger partial charge >= 0.3 is 0 Å². The maximum Gasteiger partial charge on any atom is 0.243 e. The summed E-state index contributed by atoms with van der Waals surface area (Å²) in [7, 11) is 0. The average Bonchev–Trinajstić information content (AvgIpc) is 2.59. The monoisotopic (exact) mass is 376 g/mol.